The lowest BCUT2D eigenvalue weighted by Gasteiger charge is -2.34. The number of hydrogen-bond donors (Lipinski definition) is 2. The Bertz CT molecular complexity index is 871. The Morgan fingerprint density at radius 3 is 2.53 bits per heavy atom. The van der Waals surface area contributed by atoms with Gasteiger partial charge in [0, 0.05) is 57.7 Å². The minimum absolute atomic E-state index is 0. The molecule has 1 aromatic carbocycles. The van der Waals surface area contributed by atoms with Crippen LogP contribution in [0.15, 0.2) is 41.5 Å². The van der Waals surface area contributed by atoms with Crippen molar-refractivity contribution in [1.82, 2.24) is 15.2 Å². The summed E-state index contributed by atoms with van der Waals surface area (Å²) in [5.74, 6) is 3.13. The predicted octanol–water partition coefficient (Wildman–Crippen LogP) is 3.44. The number of benzene rings is 1. The van der Waals surface area contributed by atoms with E-state index in [1.807, 2.05) is 37.4 Å². The molecule has 3 rings (SSSR count). The highest BCUT2D eigenvalue weighted by atomic mass is 127. The second kappa shape index (κ2) is 13.3. The zero-order chi connectivity index (χ0) is 22.1. The number of anilines is 2. The molecule has 0 atom stereocenters. The first-order valence-corrected chi connectivity index (χ1v) is 10.9. The van der Waals surface area contributed by atoms with E-state index in [2.05, 4.69) is 43.4 Å². The van der Waals surface area contributed by atoms with E-state index in [-0.39, 0.29) is 24.0 Å². The molecule has 0 spiro atoms. The summed E-state index contributed by atoms with van der Waals surface area (Å²) in [4.78, 5) is 13.7. The minimum Gasteiger partial charge on any atom is -0.493 e. The van der Waals surface area contributed by atoms with Crippen molar-refractivity contribution >= 4 is 41.4 Å². The molecule has 2 heterocycles. The highest BCUT2D eigenvalue weighted by Gasteiger charge is 2.17. The Labute approximate surface area is 208 Å². The third-order valence-electron chi connectivity index (χ3n) is 5.36. The lowest BCUT2D eigenvalue weighted by molar-refractivity contribution is 0.270. The van der Waals surface area contributed by atoms with Gasteiger partial charge in [0.25, 0.3) is 0 Å². The summed E-state index contributed by atoms with van der Waals surface area (Å²) in [6.45, 7) is 10.7. The first kappa shape index (κ1) is 26.0. The Morgan fingerprint density at radius 2 is 1.88 bits per heavy atom. The molecule has 0 unspecified atom stereocenters. The van der Waals surface area contributed by atoms with Crippen LogP contribution >= 0.6 is 24.0 Å². The largest absolute Gasteiger partial charge is 0.493 e. The van der Waals surface area contributed by atoms with Crippen LogP contribution in [0, 0.1) is 0 Å². The first-order chi connectivity index (χ1) is 15.2. The number of rotatable bonds is 8. The van der Waals surface area contributed by atoms with Gasteiger partial charge in [-0.15, -0.1) is 24.0 Å². The maximum absolute atomic E-state index is 5.66. The fraction of sp³-hybridized carbons (Fsp3) is 0.478. The van der Waals surface area contributed by atoms with E-state index >= 15 is 0 Å². The quantitative estimate of drug-likeness (QED) is 0.294. The number of guanidine groups is 1. The number of likely N-dealkylation sites (N-methyl/N-ethyl adjacent to an activating group) is 1. The van der Waals surface area contributed by atoms with Gasteiger partial charge >= 0.3 is 0 Å². The smallest absolute Gasteiger partial charge is 0.195 e. The number of ether oxygens (including phenoxy) is 2. The molecular formula is C23H35IN6O2. The van der Waals surface area contributed by atoms with E-state index in [0.29, 0.717) is 30.6 Å². The van der Waals surface area contributed by atoms with Crippen LogP contribution in [-0.2, 0) is 6.54 Å². The molecule has 0 radical (unpaired) electrons. The maximum Gasteiger partial charge on any atom is 0.195 e. The lowest BCUT2D eigenvalue weighted by atomic mass is 10.2. The normalized spacial score (nSPS) is 14.5. The SMILES string of the molecule is CCOc1cc(NC(=NC)NCc2ccnc(N3CCN(CC)CC3)c2)ccc1OC.I. The average Bonchev–Trinajstić information content (AvgIpc) is 2.82. The molecule has 9 heteroatoms. The van der Waals surface area contributed by atoms with Crippen molar-refractivity contribution in [2.24, 2.45) is 4.99 Å². The molecule has 1 saturated heterocycles. The molecule has 2 N–H and O–H groups in total. The number of piperazine rings is 1. The second-order valence-electron chi connectivity index (χ2n) is 7.29. The van der Waals surface area contributed by atoms with Crippen molar-refractivity contribution in [3.63, 3.8) is 0 Å². The number of hydrogen-bond acceptors (Lipinski definition) is 6. The molecule has 0 aliphatic carbocycles. The van der Waals surface area contributed by atoms with Gasteiger partial charge in [0.05, 0.1) is 13.7 Å². The highest BCUT2D eigenvalue weighted by molar-refractivity contribution is 14.0. The van der Waals surface area contributed by atoms with E-state index in [9.17, 15) is 0 Å². The van der Waals surface area contributed by atoms with Gasteiger partial charge in [-0.25, -0.2) is 4.98 Å². The molecule has 1 aliphatic rings. The van der Waals surface area contributed by atoms with E-state index < -0.39 is 0 Å². The summed E-state index contributed by atoms with van der Waals surface area (Å²) in [6.07, 6.45) is 1.88. The van der Waals surface area contributed by atoms with Crippen LogP contribution in [0.1, 0.15) is 19.4 Å². The Balaban J connectivity index is 0.00000363. The molecule has 1 aliphatic heterocycles. The van der Waals surface area contributed by atoms with Gasteiger partial charge in [-0.3, -0.25) is 4.99 Å². The molecule has 176 valence electrons. The standard InChI is InChI=1S/C23H34N6O2.HI/c1-5-28-11-13-29(14-12-28)22-15-18(9-10-25-22)17-26-23(24-3)27-19-7-8-20(30-4)21(16-19)31-6-2;/h7-10,15-16H,5-6,11-14,17H2,1-4H3,(H2,24,26,27);1H. The van der Waals surface area contributed by atoms with Crippen LogP contribution in [0.4, 0.5) is 11.5 Å². The molecule has 2 aromatic rings. The molecule has 0 bridgehead atoms. The zero-order valence-corrected chi connectivity index (χ0v) is 21.8. The monoisotopic (exact) mass is 554 g/mol. The number of aromatic nitrogens is 1. The van der Waals surface area contributed by atoms with E-state index in [1.54, 1.807) is 14.2 Å². The fourth-order valence-corrected chi connectivity index (χ4v) is 3.56. The van der Waals surface area contributed by atoms with Gasteiger partial charge in [0.2, 0.25) is 0 Å². The van der Waals surface area contributed by atoms with Crippen LogP contribution in [0.5, 0.6) is 11.5 Å². The Hall–Kier alpha value is -2.27. The molecule has 32 heavy (non-hydrogen) atoms. The minimum atomic E-state index is 0. The summed E-state index contributed by atoms with van der Waals surface area (Å²) in [5, 5.41) is 6.68. The van der Waals surface area contributed by atoms with Gasteiger partial charge in [0.1, 0.15) is 5.82 Å². The topological polar surface area (TPSA) is 74.2 Å². The molecule has 0 amide bonds. The summed E-state index contributed by atoms with van der Waals surface area (Å²) in [7, 11) is 3.39. The van der Waals surface area contributed by atoms with Crippen molar-refractivity contribution in [3.8, 4) is 11.5 Å². The third-order valence-corrected chi connectivity index (χ3v) is 5.36. The number of methoxy groups -OCH3 is 1. The Kier molecular flexibility index (Phi) is 10.8. The van der Waals surface area contributed by atoms with Crippen molar-refractivity contribution in [3.05, 3.63) is 42.1 Å². The van der Waals surface area contributed by atoms with Gasteiger partial charge in [0.15, 0.2) is 17.5 Å². The predicted molar refractivity (Wildman–Crippen MR) is 142 cm³/mol. The van der Waals surface area contributed by atoms with Crippen molar-refractivity contribution in [1.29, 1.82) is 0 Å². The molecule has 0 saturated carbocycles. The molecule has 8 nitrogen and oxygen atoms in total. The van der Waals surface area contributed by atoms with Crippen LogP contribution in [-0.4, -0.2) is 69.3 Å². The number of aliphatic imine (C=N–C) groups is 1. The summed E-state index contributed by atoms with van der Waals surface area (Å²) >= 11 is 0. The van der Waals surface area contributed by atoms with Gasteiger partial charge in [-0.2, -0.15) is 0 Å². The lowest BCUT2D eigenvalue weighted by Crippen LogP contribution is -2.46. The van der Waals surface area contributed by atoms with Crippen molar-refractivity contribution < 1.29 is 9.47 Å². The van der Waals surface area contributed by atoms with Crippen LogP contribution in [0.2, 0.25) is 0 Å². The van der Waals surface area contributed by atoms with E-state index in [0.717, 1.165) is 49.8 Å². The summed E-state index contributed by atoms with van der Waals surface area (Å²) < 4.78 is 11.0. The number of halogens is 1. The van der Waals surface area contributed by atoms with Gasteiger partial charge in [-0.05, 0) is 43.3 Å². The average molecular weight is 554 g/mol. The summed E-state index contributed by atoms with van der Waals surface area (Å²) in [6, 6.07) is 9.92. The number of nitrogens with one attached hydrogen (secondary N) is 2. The Morgan fingerprint density at radius 1 is 1.09 bits per heavy atom. The van der Waals surface area contributed by atoms with E-state index in [1.165, 1.54) is 0 Å². The van der Waals surface area contributed by atoms with Crippen LogP contribution < -0.4 is 25.0 Å². The van der Waals surface area contributed by atoms with Gasteiger partial charge in [-0.1, -0.05) is 6.92 Å². The van der Waals surface area contributed by atoms with Crippen LogP contribution in [0.25, 0.3) is 0 Å². The number of pyridine rings is 1. The van der Waals surface area contributed by atoms with Crippen molar-refractivity contribution in [2.75, 3.05) is 63.7 Å². The second-order valence-corrected chi connectivity index (χ2v) is 7.29. The zero-order valence-electron chi connectivity index (χ0n) is 19.4. The maximum atomic E-state index is 5.66. The highest BCUT2D eigenvalue weighted by Crippen LogP contribution is 2.30. The summed E-state index contributed by atoms with van der Waals surface area (Å²) in [5.41, 5.74) is 2.04. The third kappa shape index (κ3) is 7.13. The van der Waals surface area contributed by atoms with Crippen molar-refractivity contribution in [2.45, 2.75) is 20.4 Å². The van der Waals surface area contributed by atoms with Crippen LogP contribution in [0.3, 0.4) is 0 Å². The molecule has 1 aromatic heterocycles. The molecule has 1 fully saturated rings. The fourth-order valence-electron chi connectivity index (χ4n) is 3.56. The number of nitrogens with zero attached hydrogens (tertiary/aromatic N) is 4. The first-order valence-electron chi connectivity index (χ1n) is 10.9. The van der Waals surface area contributed by atoms with Gasteiger partial charge < -0.3 is 29.9 Å². The van der Waals surface area contributed by atoms with E-state index in [4.69, 9.17) is 9.47 Å². The molecular weight excluding hydrogens is 519 g/mol.